The van der Waals surface area contributed by atoms with Crippen LogP contribution >= 0.6 is 0 Å². The first-order chi connectivity index (χ1) is 14.1. The summed E-state index contributed by atoms with van der Waals surface area (Å²) in [5.41, 5.74) is 3.65. The maximum atomic E-state index is 10.3. The Morgan fingerprint density at radius 3 is 2.10 bits per heavy atom. The number of fused-ring (bicyclic) bond motifs is 1. The van der Waals surface area contributed by atoms with Crippen LogP contribution in [-0.2, 0) is 6.42 Å². The van der Waals surface area contributed by atoms with Gasteiger partial charge in [0.15, 0.2) is 0 Å². The van der Waals surface area contributed by atoms with Gasteiger partial charge in [0, 0.05) is 0 Å². The van der Waals surface area contributed by atoms with Gasteiger partial charge in [0.05, 0.1) is 0 Å². The third kappa shape index (κ3) is 7.90. The van der Waals surface area contributed by atoms with E-state index in [4.69, 9.17) is 0 Å². The summed E-state index contributed by atoms with van der Waals surface area (Å²) in [4.78, 5) is 0. The first-order valence-corrected chi connectivity index (χ1v) is 14.3. The van der Waals surface area contributed by atoms with Crippen LogP contribution in [0.2, 0.25) is 4.31 Å². The molecule has 1 heterocycles. The minimum absolute atomic E-state index is 0.500. The van der Waals surface area contributed by atoms with Crippen LogP contribution in [0.15, 0.2) is 6.07 Å². The van der Waals surface area contributed by atoms with Gasteiger partial charge in [-0.25, -0.2) is 0 Å². The zero-order valence-electron chi connectivity index (χ0n) is 20.9. The Morgan fingerprint density at radius 1 is 0.933 bits per heavy atom. The monoisotopic (exact) mass is 480 g/mol. The summed E-state index contributed by atoms with van der Waals surface area (Å²) in [5, 5.41) is 10.3. The molecule has 0 saturated heterocycles. The molecule has 1 N–H and O–H groups in total. The van der Waals surface area contributed by atoms with E-state index in [0.29, 0.717) is 25.0 Å². The molecule has 30 heavy (non-hydrogen) atoms. The zero-order valence-corrected chi connectivity index (χ0v) is 22.7. The summed E-state index contributed by atoms with van der Waals surface area (Å²) in [7, 11) is 0. The van der Waals surface area contributed by atoms with Crippen molar-refractivity contribution >= 4 is 19.4 Å². The summed E-state index contributed by atoms with van der Waals surface area (Å²) >= 11 is 0.526. The molecule has 0 fully saturated rings. The average Bonchev–Trinajstić information content (AvgIpc) is 2.65. The molecule has 3 atom stereocenters. The normalized spacial score (nSPS) is 20.9. The van der Waals surface area contributed by atoms with Crippen LogP contribution in [0, 0.1) is 31.6 Å². The molecular weight excluding hydrogens is 431 g/mol. The molecule has 1 aromatic carbocycles. The van der Waals surface area contributed by atoms with Crippen molar-refractivity contribution in [2.45, 2.75) is 123 Å². The van der Waals surface area contributed by atoms with Crippen molar-refractivity contribution < 1.29 is 5.11 Å². The first kappa shape index (κ1) is 25.8. The van der Waals surface area contributed by atoms with Crippen LogP contribution < -0.4 is 4.46 Å². The van der Waals surface area contributed by atoms with Gasteiger partial charge < -0.3 is 0 Å². The number of benzene rings is 1. The Balaban J connectivity index is 1.68. The molecule has 2 rings (SSSR count). The summed E-state index contributed by atoms with van der Waals surface area (Å²) in [6.45, 7) is 16.3. The van der Waals surface area contributed by atoms with Gasteiger partial charge in [0.25, 0.3) is 0 Å². The Labute approximate surface area is 194 Å². The van der Waals surface area contributed by atoms with E-state index >= 15 is 0 Å². The minimum atomic E-state index is 0.500. The van der Waals surface area contributed by atoms with E-state index < -0.39 is 0 Å². The van der Waals surface area contributed by atoms with Crippen molar-refractivity contribution in [3.8, 4) is 5.75 Å². The van der Waals surface area contributed by atoms with Crippen molar-refractivity contribution in [1.29, 1.82) is 0 Å². The fourth-order valence-corrected chi connectivity index (χ4v) is 8.41. The summed E-state index contributed by atoms with van der Waals surface area (Å²) in [6.07, 6.45) is 15.1. The van der Waals surface area contributed by atoms with Gasteiger partial charge in [-0.1, -0.05) is 13.8 Å². The molecule has 1 nitrogen and oxygen atoms in total. The van der Waals surface area contributed by atoms with Crippen LogP contribution in [0.25, 0.3) is 0 Å². The quantitative estimate of drug-likeness (QED) is 0.302. The Bertz CT molecular complexity index is 665. The summed E-state index contributed by atoms with van der Waals surface area (Å²) < 4.78 is 2.06. The number of phenolic OH excluding ortho intramolecular Hbond substituents is 1. The Morgan fingerprint density at radius 2 is 1.50 bits per heavy atom. The number of rotatable bonds is 12. The van der Waals surface area contributed by atoms with E-state index in [1.165, 1.54) is 69.8 Å². The van der Waals surface area contributed by atoms with Gasteiger partial charge in [0.1, 0.15) is 0 Å². The second-order valence-corrected chi connectivity index (χ2v) is 14.5. The average molecular weight is 480 g/mol. The van der Waals surface area contributed by atoms with E-state index in [0.717, 1.165) is 35.3 Å². The molecule has 0 spiro atoms. The molecule has 0 aliphatic carbocycles. The van der Waals surface area contributed by atoms with E-state index in [1.807, 2.05) is 0 Å². The summed E-state index contributed by atoms with van der Waals surface area (Å²) in [5.74, 6) is 3.17. The third-order valence-corrected chi connectivity index (χ3v) is 10.5. The number of phenols is 1. The maximum absolute atomic E-state index is 10.3. The van der Waals surface area contributed by atoms with Gasteiger partial charge >= 0.3 is 174 Å². The molecule has 0 saturated carbocycles. The number of hydrogen-bond donors (Lipinski definition) is 1. The number of aryl methyl sites for hydroxylation is 1. The molecule has 0 radical (unpaired) electrons. The topological polar surface area (TPSA) is 20.2 Å². The number of hydrogen-bond acceptors (Lipinski definition) is 1. The molecule has 2 heteroatoms. The second kappa shape index (κ2) is 12.0. The molecule has 3 unspecified atom stereocenters. The molecule has 1 aromatic rings. The van der Waals surface area contributed by atoms with Crippen molar-refractivity contribution in [3.05, 3.63) is 22.8 Å². The fraction of sp³-hybridized carbons (Fsp3) is 0.786. The zero-order chi connectivity index (χ0) is 22.3. The predicted octanol–water partition coefficient (Wildman–Crippen LogP) is 7.90. The SMILES string of the molecule is Cc1cc2c(c(C)c1O)CCC(C)(CCCC(C)CCCC(C)CCCC(C)C)[Se]2. The van der Waals surface area contributed by atoms with Crippen LogP contribution in [0.3, 0.4) is 0 Å². The number of aromatic hydroxyl groups is 1. The Hall–Kier alpha value is -0.461. The van der Waals surface area contributed by atoms with Crippen molar-refractivity contribution in [2.24, 2.45) is 17.8 Å². The molecule has 0 aromatic heterocycles. The fourth-order valence-electron chi connectivity index (χ4n) is 5.06. The van der Waals surface area contributed by atoms with E-state index in [9.17, 15) is 5.11 Å². The Kier molecular flexibility index (Phi) is 10.3. The molecule has 0 bridgehead atoms. The molecular formula is C28H48OSe. The van der Waals surface area contributed by atoms with Crippen molar-refractivity contribution in [1.82, 2.24) is 0 Å². The van der Waals surface area contributed by atoms with Gasteiger partial charge in [-0.2, -0.15) is 0 Å². The predicted molar refractivity (Wildman–Crippen MR) is 134 cm³/mol. The molecule has 1 aliphatic heterocycles. The van der Waals surface area contributed by atoms with E-state index in [-0.39, 0.29) is 0 Å². The van der Waals surface area contributed by atoms with E-state index in [2.05, 4.69) is 54.5 Å². The van der Waals surface area contributed by atoms with Crippen LogP contribution in [-0.4, -0.2) is 20.1 Å². The van der Waals surface area contributed by atoms with Crippen LogP contribution in [0.5, 0.6) is 5.75 Å². The molecule has 172 valence electrons. The van der Waals surface area contributed by atoms with Gasteiger partial charge in [-0.15, -0.1) is 0 Å². The van der Waals surface area contributed by atoms with Crippen molar-refractivity contribution in [3.63, 3.8) is 0 Å². The third-order valence-electron chi connectivity index (χ3n) is 7.36. The van der Waals surface area contributed by atoms with Gasteiger partial charge in [-0.3, -0.25) is 0 Å². The van der Waals surface area contributed by atoms with Gasteiger partial charge in [-0.05, 0) is 5.92 Å². The first-order valence-electron chi connectivity index (χ1n) is 12.6. The van der Waals surface area contributed by atoms with Crippen LogP contribution in [0.1, 0.15) is 116 Å². The van der Waals surface area contributed by atoms with Crippen LogP contribution in [0.4, 0.5) is 0 Å². The van der Waals surface area contributed by atoms with Crippen molar-refractivity contribution in [2.75, 3.05) is 0 Å². The molecule has 0 amide bonds. The molecule has 1 aliphatic rings. The van der Waals surface area contributed by atoms with E-state index in [1.54, 1.807) is 4.46 Å². The second-order valence-electron chi connectivity index (χ2n) is 11.1. The summed E-state index contributed by atoms with van der Waals surface area (Å²) in [6, 6.07) is 2.28. The standard InChI is InChI=1S/C28H48OSe/c1-20(2)11-8-12-21(3)13-9-14-22(4)15-10-17-28(7)18-16-25-24(6)27(29)23(5)19-26(25)30-28/h19-22,29H,8-18H2,1-7H3. The van der Waals surface area contributed by atoms with Gasteiger partial charge in [0.2, 0.25) is 0 Å².